The van der Waals surface area contributed by atoms with Gasteiger partial charge in [0.15, 0.2) is 0 Å². The van der Waals surface area contributed by atoms with Gasteiger partial charge in [-0.15, -0.1) is 16.4 Å². The Morgan fingerprint density at radius 2 is 2.03 bits per heavy atom. The Balaban J connectivity index is 1.34. The van der Waals surface area contributed by atoms with Gasteiger partial charge < -0.3 is 4.74 Å². The number of thiophene rings is 1. The van der Waals surface area contributed by atoms with E-state index in [9.17, 15) is 9.18 Å². The summed E-state index contributed by atoms with van der Waals surface area (Å²) < 4.78 is 20.4. The van der Waals surface area contributed by atoms with Gasteiger partial charge in [0, 0.05) is 11.6 Å². The molecule has 0 aliphatic carbocycles. The van der Waals surface area contributed by atoms with Crippen LogP contribution in [0.4, 0.5) is 10.3 Å². The third-order valence-electron chi connectivity index (χ3n) is 4.27. The highest BCUT2D eigenvalue weighted by molar-refractivity contribution is 7.12. The van der Waals surface area contributed by atoms with Gasteiger partial charge in [-0.2, -0.15) is 0 Å². The van der Waals surface area contributed by atoms with Gasteiger partial charge in [0.1, 0.15) is 24.5 Å². The number of hydrogen-bond donors (Lipinski definition) is 1. The van der Waals surface area contributed by atoms with Crippen LogP contribution in [0.2, 0.25) is 0 Å². The molecule has 1 N–H and O–H groups in total. The van der Waals surface area contributed by atoms with Gasteiger partial charge in [-0.1, -0.05) is 35.9 Å². The van der Waals surface area contributed by atoms with E-state index in [-0.39, 0.29) is 24.3 Å². The van der Waals surface area contributed by atoms with Gasteiger partial charge in [0.05, 0.1) is 11.4 Å². The molecule has 0 radical (unpaired) electrons. The summed E-state index contributed by atoms with van der Waals surface area (Å²) in [5, 5.41) is 8.85. The van der Waals surface area contributed by atoms with Crippen molar-refractivity contribution in [2.24, 2.45) is 0 Å². The van der Waals surface area contributed by atoms with E-state index in [1.54, 1.807) is 29.2 Å². The minimum atomic E-state index is -0.354. The lowest BCUT2D eigenvalue weighted by atomic mass is 10.1. The van der Waals surface area contributed by atoms with Crippen LogP contribution in [-0.4, -0.2) is 20.7 Å². The zero-order valence-corrected chi connectivity index (χ0v) is 17.0. The van der Waals surface area contributed by atoms with E-state index in [2.05, 4.69) is 21.5 Å². The molecule has 0 saturated carbocycles. The summed E-state index contributed by atoms with van der Waals surface area (Å²) in [6, 6.07) is 15.8. The van der Waals surface area contributed by atoms with Crippen molar-refractivity contribution >= 4 is 23.2 Å². The van der Waals surface area contributed by atoms with Crippen molar-refractivity contribution in [2.45, 2.75) is 20.1 Å². The third-order valence-corrected chi connectivity index (χ3v) is 5.25. The van der Waals surface area contributed by atoms with Gasteiger partial charge in [-0.05, 0) is 36.1 Å². The van der Waals surface area contributed by atoms with Crippen LogP contribution in [-0.2, 0) is 13.2 Å². The maximum atomic E-state index is 13.2. The normalized spacial score (nSPS) is 10.7. The molecule has 0 fully saturated rings. The summed E-state index contributed by atoms with van der Waals surface area (Å²) in [6.07, 6.45) is 1.59. The van der Waals surface area contributed by atoms with E-state index < -0.39 is 0 Å². The smallest absolute Gasteiger partial charge is 0.268 e. The summed E-state index contributed by atoms with van der Waals surface area (Å²) in [5.74, 6) is 0.0479. The quantitative estimate of drug-likeness (QED) is 0.470. The summed E-state index contributed by atoms with van der Waals surface area (Å²) in [7, 11) is 0. The molecule has 0 aliphatic heterocycles. The summed E-state index contributed by atoms with van der Waals surface area (Å²) in [5.41, 5.74) is 3.11. The SMILES string of the molecule is Cc1cccc(Cn2cnc(NC(=O)c3cc(COc4cccc(F)c4)cs3)n2)c1. The van der Waals surface area contributed by atoms with Crippen molar-refractivity contribution in [1.82, 2.24) is 14.8 Å². The topological polar surface area (TPSA) is 69.0 Å². The Morgan fingerprint density at radius 3 is 2.87 bits per heavy atom. The van der Waals surface area contributed by atoms with Crippen LogP contribution in [0.5, 0.6) is 5.75 Å². The van der Waals surface area contributed by atoms with Crippen LogP contribution in [0.15, 0.2) is 66.3 Å². The molecular formula is C22H19FN4O2S. The zero-order valence-electron chi connectivity index (χ0n) is 16.2. The van der Waals surface area contributed by atoms with E-state index in [0.29, 0.717) is 17.2 Å². The fraction of sp³-hybridized carbons (Fsp3) is 0.136. The van der Waals surface area contributed by atoms with Crippen molar-refractivity contribution in [3.63, 3.8) is 0 Å². The second-order valence-electron chi connectivity index (χ2n) is 6.77. The van der Waals surface area contributed by atoms with Crippen molar-refractivity contribution < 1.29 is 13.9 Å². The lowest BCUT2D eigenvalue weighted by molar-refractivity contribution is 0.102. The molecule has 2 aromatic carbocycles. The first-order valence-corrected chi connectivity index (χ1v) is 10.2. The lowest BCUT2D eigenvalue weighted by Crippen LogP contribution is -2.12. The first-order valence-electron chi connectivity index (χ1n) is 9.27. The first kappa shape index (κ1) is 19.8. The summed E-state index contributed by atoms with van der Waals surface area (Å²) >= 11 is 1.30. The number of nitrogens with zero attached hydrogens (tertiary/aromatic N) is 3. The minimum Gasteiger partial charge on any atom is -0.489 e. The number of carbonyl (C=O) groups is 1. The maximum absolute atomic E-state index is 13.2. The summed E-state index contributed by atoms with van der Waals surface area (Å²) in [4.78, 5) is 17.2. The largest absolute Gasteiger partial charge is 0.489 e. The second-order valence-corrected chi connectivity index (χ2v) is 7.69. The molecule has 4 rings (SSSR count). The van der Waals surface area contributed by atoms with Crippen molar-refractivity contribution in [3.05, 3.63) is 93.7 Å². The highest BCUT2D eigenvalue weighted by Crippen LogP contribution is 2.19. The number of halogens is 1. The predicted molar refractivity (Wildman–Crippen MR) is 113 cm³/mol. The number of carbonyl (C=O) groups excluding carboxylic acids is 1. The van der Waals surface area contributed by atoms with E-state index >= 15 is 0 Å². The van der Waals surface area contributed by atoms with E-state index in [1.807, 2.05) is 30.5 Å². The second kappa shape index (κ2) is 8.87. The van der Waals surface area contributed by atoms with Gasteiger partial charge in [0.25, 0.3) is 5.91 Å². The van der Waals surface area contributed by atoms with Crippen LogP contribution < -0.4 is 10.1 Å². The molecule has 0 saturated heterocycles. The van der Waals surface area contributed by atoms with Crippen LogP contribution in [0.25, 0.3) is 0 Å². The van der Waals surface area contributed by atoms with Gasteiger partial charge in [-0.3, -0.25) is 10.1 Å². The fourth-order valence-corrected chi connectivity index (χ4v) is 3.67. The number of rotatable bonds is 7. The molecule has 0 atom stereocenters. The number of benzene rings is 2. The lowest BCUT2D eigenvalue weighted by Gasteiger charge is -2.04. The number of ether oxygens (including phenoxy) is 1. The van der Waals surface area contributed by atoms with Gasteiger partial charge >= 0.3 is 0 Å². The highest BCUT2D eigenvalue weighted by atomic mass is 32.1. The number of nitrogens with one attached hydrogen (secondary N) is 1. The van der Waals surface area contributed by atoms with E-state index in [0.717, 1.165) is 11.1 Å². The monoisotopic (exact) mass is 422 g/mol. The number of anilines is 1. The molecule has 4 aromatic rings. The standard InChI is InChI=1S/C22H19FN4O2S/c1-15-4-2-5-16(8-15)11-27-14-24-22(26-27)25-21(28)20-9-17(13-30-20)12-29-19-7-3-6-18(23)10-19/h2-10,13-14H,11-12H2,1H3,(H,25,26,28). The Morgan fingerprint density at radius 1 is 1.17 bits per heavy atom. The Hall–Kier alpha value is -3.52. The average molecular weight is 422 g/mol. The molecule has 2 heterocycles. The van der Waals surface area contributed by atoms with Crippen LogP contribution >= 0.6 is 11.3 Å². The molecular weight excluding hydrogens is 403 g/mol. The van der Waals surface area contributed by atoms with Crippen molar-refractivity contribution in [3.8, 4) is 5.75 Å². The van der Waals surface area contributed by atoms with E-state index in [4.69, 9.17) is 4.74 Å². The molecule has 0 unspecified atom stereocenters. The Labute approximate surface area is 177 Å². The molecule has 6 nitrogen and oxygen atoms in total. The van der Waals surface area contributed by atoms with Crippen LogP contribution in [0.1, 0.15) is 26.4 Å². The summed E-state index contributed by atoms with van der Waals surface area (Å²) in [6.45, 7) is 2.86. The number of aryl methyl sites for hydroxylation is 1. The van der Waals surface area contributed by atoms with Gasteiger partial charge in [0.2, 0.25) is 5.95 Å². The maximum Gasteiger partial charge on any atom is 0.268 e. The fourth-order valence-electron chi connectivity index (χ4n) is 2.88. The molecule has 8 heteroatoms. The van der Waals surface area contributed by atoms with Crippen LogP contribution in [0, 0.1) is 12.7 Å². The molecule has 0 bridgehead atoms. The Bertz CT molecular complexity index is 1170. The van der Waals surface area contributed by atoms with Gasteiger partial charge in [-0.25, -0.2) is 14.1 Å². The molecule has 0 spiro atoms. The number of hydrogen-bond acceptors (Lipinski definition) is 5. The molecule has 1 amide bonds. The number of amides is 1. The van der Waals surface area contributed by atoms with Crippen molar-refractivity contribution in [1.29, 1.82) is 0 Å². The van der Waals surface area contributed by atoms with Crippen LogP contribution in [0.3, 0.4) is 0 Å². The molecule has 2 aromatic heterocycles. The number of aromatic nitrogens is 3. The minimum absolute atomic E-state index is 0.247. The van der Waals surface area contributed by atoms with Crippen molar-refractivity contribution in [2.75, 3.05) is 5.32 Å². The first-order chi connectivity index (χ1) is 14.5. The molecule has 30 heavy (non-hydrogen) atoms. The predicted octanol–water partition coefficient (Wildman–Crippen LogP) is 4.67. The third kappa shape index (κ3) is 5.09. The molecule has 152 valence electrons. The zero-order chi connectivity index (χ0) is 20.9. The average Bonchev–Trinajstić information content (AvgIpc) is 3.36. The highest BCUT2D eigenvalue weighted by Gasteiger charge is 2.12. The Kier molecular flexibility index (Phi) is 5.85. The van der Waals surface area contributed by atoms with E-state index in [1.165, 1.54) is 29.0 Å². The molecule has 0 aliphatic rings.